The number of allylic oxidation sites excluding steroid dienone is 3. The maximum atomic E-state index is 12.9. The van der Waals surface area contributed by atoms with Crippen LogP contribution in [0.25, 0.3) is 10.9 Å². The average Bonchev–Trinajstić information content (AvgIpc) is 2.88. The number of nitrogens with zero attached hydrogens (tertiary/aromatic N) is 5. The molecule has 1 fully saturated rings. The van der Waals surface area contributed by atoms with Crippen LogP contribution < -0.4 is 5.32 Å². The number of alkyl halides is 2. The Balaban J connectivity index is 1.52. The minimum Gasteiger partial charge on any atom is -0.443 e. The first-order valence-electron chi connectivity index (χ1n) is 12.6. The number of unbranched alkanes of at least 4 members (excludes halogenated alkanes) is 1. The van der Waals surface area contributed by atoms with E-state index in [2.05, 4.69) is 33.9 Å². The lowest BCUT2D eigenvalue weighted by Gasteiger charge is -2.33. The monoisotopic (exact) mass is 536 g/mol. The molecule has 0 saturated carbocycles. The van der Waals surface area contributed by atoms with Crippen LogP contribution in [0.2, 0.25) is 0 Å². The molecular formula is C26H38F2N6O2S. The van der Waals surface area contributed by atoms with Gasteiger partial charge in [0.15, 0.2) is 0 Å². The second kappa shape index (κ2) is 15.1. The quantitative estimate of drug-likeness (QED) is 0.286. The number of hydrogen-bond acceptors (Lipinski definition) is 7. The Bertz CT molecular complexity index is 1070. The number of aromatic nitrogens is 2. The molecule has 0 spiro atoms. The third kappa shape index (κ3) is 9.73. The van der Waals surface area contributed by atoms with Crippen LogP contribution in [-0.2, 0) is 22.3 Å². The number of benzene rings is 1. The topological polar surface area (TPSA) is 73.8 Å². The molecule has 2 heterocycles. The summed E-state index contributed by atoms with van der Waals surface area (Å²) in [7, 11) is 2.93. The average molecular weight is 537 g/mol. The van der Waals surface area contributed by atoms with E-state index >= 15 is 0 Å². The Labute approximate surface area is 221 Å². The van der Waals surface area contributed by atoms with Gasteiger partial charge in [0.25, 0.3) is 0 Å². The first kappa shape index (κ1) is 29.1. The third-order valence-corrected chi connectivity index (χ3v) is 7.52. The highest BCUT2D eigenvalue weighted by Crippen LogP contribution is 2.21. The Kier molecular flexibility index (Phi) is 11.8. The predicted octanol–water partition coefficient (Wildman–Crippen LogP) is 4.21. The molecule has 0 radical (unpaired) electrons. The van der Waals surface area contributed by atoms with Crippen LogP contribution in [-0.4, -0.2) is 88.3 Å². The number of hydrogen-bond donors (Lipinski definition) is 1. The van der Waals surface area contributed by atoms with Gasteiger partial charge >= 0.3 is 6.61 Å². The standard InChI is InChI=1S/C26H38F2N6O2S/c1-21(10-5-4-8-19-36-26(27)28)37(35)34-17-15-33(16-18-34)20-24-30-23-12-7-6-11-22(23)25(31-24)29-13-9-14-32(2)3/h6-8,10-12,19,26H,4-5,9,13-18,20H2,1-3H3,(H,29,30,31)/b19-8+,21-10+. The van der Waals surface area contributed by atoms with Crippen LogP contribution in [0, 0.1) is 0 Å². The highest BCUT2D eigenvalue weighted by Gasteiger charge is 2.23. The van der Waals surface area contributed by atoms with Crippen molar-refractivity contribution < 1.29 is 17.7 Å². The van der Waals surface area contributed by atoms with Crippen LogP contribution in [0.15, 0.2) is 47.6 Å². The fourth-order valence-electron chi connectivity index (χ4n) is 4.03. The zero-order chi connectivity index (χ0) is 26.6. The number of fused-ring (bicyclic) bond motifs is 1. The van der Waals surface area contributed by atoms with Crippen LogP contribution in [0.1, 0.15) is 32.0 Å². The summed E-state index contributed by atoms with van der Waals surface area (Å²) in [5.41, 5.74) is 0.929. The summed E-state index contributed by atoms with van der Waals surface area (Å²) in [6.45, 7) is 4.45. The van der Waals surface area contributed by atoms with Crippen molar-refractivity contribution in [2.75, 3.05) is 58.7 Å². The molecule has 0 amide bonds. The normalized spacial score (nSPS) is 16.8. The van der Waals surface area contributed by atoms with Crippen molar-refractivity contribution >= 4 is 27.7 Å². The van der Waals surface area contributed by atoms with Crippen molar-refractivity contribution in [2.45, 2.75) is 39.3 Å². The highest BCUT2D eigenvalue weighted by molar-refractivity contribution is 7.86. The van der Waals surface area contributed by atoms with E-state index in [9.17, 15) is 13.0 Å². The van der Waals surface area contributed by atoms with Crippen LogP contribution in [0.5, 0.6) is 0 Å². The molecule has 1 aromatic carbocycles. The van der Waals surface area contributed by atoms with Gasteiger partial charge in [0.2, 0.25) is 0 Å². The zero-order valence-corrected chi connectivity index (χ0v) is 22.7. The van der Waals surface area contributed by atoms with E-state index < -0.39 is 17.6 Å². The molecule has 1 aliphatic rings. The van der Waals surface area contributed by atoms with Crippen molar-refractivity contribution in [1.29, 1.82) is 0 Å². The van der Waals surface area contributed by atoms with Gasteiger partial charge in [0.05, 0.1) is 18.3 Å². The van der Waals surface area contributed by atoms with Gasteiger partial charge in [-0.2, -0.15) is 8.78 Å². The van der Waals surface area contributed by atoms with Crippen molar-refractivity contribution in [2.24, 2.45) is 0 Å². The Morgan fingerprint density at radius 2 is 1.95 bits per heavy atom. The number of ether oxygens (including phenoxy) is 1. The molecule has 1 atom stereocenters. The van der Waals surface area contributed by atoms with Gasteiger partial charge in [-0.05, 0) is 65.0 Å². The number of halogens is 2. The van der Waals surface area contributed by atoms with E-state index in [0.717, 1.165) is 66.3 Å². The minimum atomic E-state index is -2.80. The van der Waals surface area contributed by atoms with E-state index in [0.29, 0.717) is 32.5 Å². The fourth-order valence-corrected chi connectivity index (χ4v) is 5.19. The van der Waals surface area contributed by atoms with Crippen molar-refractivity contribution in [3.8, 4) is 0 Å². The predicted molar refractivity (Wildman–Crippen MR) is 145 cm³/mol. The first-order chi connectivity index (χ1) is 17.8. The second-order valence-corrected chi connectivity index (χ2v) is 10.9. The lowest BCUT2D eigenvalue weighted by atomic mass is 10.2. The Hall–Kier alpha value is -2.47. The van der Waals surface area contributed by atoms with Crippen molar-refractivity contribution in [3.63, 3.8) is 0 Å². The minimum absolute atomic E-state index is 0.549. The number of anilines is 1. The SMILES string of the molecule is C/C(=C\CC/C=C/OC(F)F)S(=O)N1CCN(Cc2nc(NCCCN(C)C)c3ccccc3n2)CC1. The van der Waals surface area contributed by atoms with E-state index in [1.54, 1.807) is 0 Å². The van der Waals surface area contributed by atoms with Crippen LogP contribution >= 0.6 is 0 Å². The summed E-state index contributed by atoms with van der Waals surface area (Å²) in [5, 5.41) is 4.52. The van der Waals surface area contributed by atoms with Gasteiger partial charge in [-0.3, -0.25) is 4.90 Å². The van der Waals surface area contributed by atoms with Gasteiger partial charge in [-0.25, -0.2) is 18.5 Å². The largest absolute Gasteiger partial charge is 0.443 e. The molecule has 204 valence electrons. The van der Waals surface area contributed by atoms with E-state index in [4.69, 9.17) is 9.97 Å². The molecule has 37 heavy (non-hydrogen) atoms. The molecule has 1 aromatic heterocycles. The molecule has 1 saturated heterocycles. The Morgan fingerprint density at radius 3 is 2.68 bits per heavy atom. The van der Waals surface area contributed by atoms with Gasteiger partial charge in [0.1, 0.15) is 22.6 Å². The highest BCUT2D eigenvalue weighted by atomic mass is 32.2. The summed E-state index contributed by atoms with van der Waals surface area (Å²) in [6, 6.07) is 8.06. The number of rotatable bonds is 14. The summed E-state index contributed by atoms with van der Waals surface area (Å²) in [4.78, 5) is 14.9. The summed E-state index contributed by atoms with van der Waals surface area (Å²) < 4.78 is 42.8. The molecular weight excluding hydrogens is 498 g/mol. The molecule has 8 nitrogen and oxygen atoms in total. The van der Waals surface area contributed by atoms with Crippen molar-refractivity contribution in [3.05, 3.63) is 53.4 Å². The van der Waals surface area contributed by atoms with Gasteiger partial charge in [-0.15, -0.1) is 0 Å². The summed E-state index contributed by atoms with van der Waals surface area (Å²) in [5.74, 6) is 1.65. The van der Waals surface area contributed by atoms with E-state index in [1.165, 1.54) is 6.08 Å². The summed E-state index contributed by atoms with van der Waals surface area (Å²) in [6.07, 6.45) is 6.63. The smallest absolute Gasteiger partial charge is 0.386 e. The van der Waals surface area contributed by atoms with Gasteiger partial charge in [0, 0.05) is 43.0 Å². The van der Waals surface area contributed by atoms with Crippen LogP contribution in [0.3, 0.4) is 0 Å². The van der Waals surface area contributed by atoms with E-state index in [-0.39, 0.29) is 0 Å². The molecule has 1 unspecified atom stereocenters. The maximum absolute atomic E-state index is 12.9. The van der Waals surface area contributed by atoms with Crippen molar-refractivity contribution in [1.82, 2.24) is 24.1 Å². The fraction of sp³-hybridized carbons (Fsp3) is 0.538. The number of nitrogens with one attached hydrogen (secondary N) is 1. The zero-order valence-electron chi connectivity index (χ0n) is 21.9. The molecule has 1 N–H and O–H groups in total. The number of para-hydroxylation sites is 1. The molecule has 0 bridgehead atoms. The second-order valence-electron chi connectivity index (χ2n) is 9.20. The first-order valence-corrected chi connectivity index (χ1v) is 13.7. The maximum Gasteiger partial charge on any atom is 0.386 e. The molecule has 0 aliphatic carbocycles. The lowest BCUT2D eigenvalue weighted by Crippen LogP contribution is -2.46. The van der Waals surface area contributed by atoms with Gasteiger partial charge < -0.3 is 15.0 Å². The Morgan fingerprint density at radius 1 is 1.19 bits per heavy atom. The molecule has 2 aromatic rings. The number of piperazine rings is 1. The van der Waals surface area contributed by atoms with Gasteiger partial charge in [-0.1, -0.05) is 18.2 Å². The van der Waals surface area contributed by atoms with Crippen LogP contribution in [0.4, 0.5) is 14.6 Å². The molecule has 1 aliphatic heterocycles. The molecule has 11 heteroatoms. The molecule has 3 rings (SSSR count). The third-order valence-electron chi connectivity index (χ3n) is 5.97. The lowest BCUT2D eigenvalue weighted by molar-refractivity contribution is -0.0831. The van der Waals surface area contributed by atoms with E-state index in [1.807, 2.05) is 41.6 Å². The summed E-state index contributed by atoms with van der Waals surface area (Å²) >= 11 is 0.